The van der Waals surface area contributed by atoms with Crippen molar-refractivity contribution >= 4 is 12.2 Å². The molecule has 0 aromatic carbocycles. The lowest BCUT2D eigenvalue weighted by Crippen LogP contribution is -2.17. The molecule has 0 N–H and O–H groups in total. The molecule has 1 aromatic rings. The molecular weight excluding hydrogens is 172 g/mol. The number of hydrogen-bond acceptors (Lipinski definition) is 1. The zero-order valence-electron chi connectivity index (χ0n) is 9.46. The molecule has 0 aliphatic rings. The summed E-state index contributed by atoms with van der Waals surface area (Å²) in [5.74, 6) is 0. The number of hydrogen-bond donors (Lipinski definition) is 0. The Morgan fingerprint density at radius 2 is 1.79 bits per heavy atom. The molecule has 0 aliphatic carbocycles. The van der Waals surface area contributed by atoms with Crippen LogP contribution in [0.2, 0.25) is 0 Å². The van der Waals surface area contributed by atoms with E-state index in [9.17, 15) is 0 Å². The minimum absolute atomic E-state index is 0.0759. The van der Waals surface area contributed by atoms with E-state index in [0.29, 0.717) is 0 Å². The largest absolute Gasteiger partial charge is 0.271 e. The Labute approximate surface area is 85.9 Å². The third kappa shape index (κ3) is 1.65. The number of aromatic nitrogens is 2. The van der Waals surface area contributed by atoms with E-state index in [4.69, 9.17) is 0 Å². The lowest BCUT2D eigenvalue weighted by molar-refractivity contribution is 0.522. The van der Waals surface area contributed by atoms with E-state index in [1.165, 1.54) is 5.69 Å². The van der Waals surface area contributed by atoms with E-state index in [-0.39, 0.29) is 5.41 Å². The first-order valence-electron chi connectivity index (χ1n) is 4.74. The van der Waals surface area contributed by atoms with Crippen LogP contribution in [-0.2, 0) is 12.5 Å². The fourth-order valence-electron chi connectivity index (χ4n) is 1.80. The third-order valence-corrected chi connectivity index (χ3v) is 2.22. The van der Waals surface area contributed by atoms with Gasteiger partial charge >= 0.3 is 0 Å². The minimum atomic E-state index is 0.0759. The zero-order valence-corrected chi connectivity index (χ0v) is 9.46. The molecule has 0 bridgehead atoms. The molecule has 1 aromatic heterocycles. The molecular formula is C12H18N2. The quantitative estimate of drug-likeness (QED) is 0.701. The molecule has 0 radical (unpaired) electrons. The summed E-state index contributed by atoms with van der Waals surface area (Å²) < 4.78 is 1.91. The van der Waals surface area contributed by atoms with Gasteiger partial charge in [-0.15, -0.1) is 0 Å². The molecule has 2 nitrogen and oxygen atoms in total. The first-order valence-corrected chi connectivity index (χ1v) is 4.74. The van der Waals surface area contributed by atoms with Gasteiger partial charge in [-0.2, -0.15) is 5.10 Å². The lowest BCUT2D eigenvalue weighted by atomic mass is 9.88. The van der Waals surface area contributed by atoms with Crippen LogP contribution < -0.4 is 0 Å². The fraction of sp³-hybridized carbons (Fsp3) is 0.417. The van der Waals surface area contributed by atoms with Crippen molar-refractivity contribution in [3.63, 3.8) is 0 Å². The van der Waals surface area contributed by atoms with Crippen LogP contribution in [0.25, 0.3) is 12.2 Å². The van der Waals surface area contributed by atoms with Gasteiger partial charge in [0.2, 0.25) is 0 Å². The molecule has 0 saturated carbocycles. The van der Waals surface area contributed by atoms with Crippen molar-refractivity contribution in [3.05, 3.63) is 30.1 Å². The van der Waals surface area contributed by atoms with Gasteiger partial charge in [-0.05, 0) is 6.08 Å². The summed E-state index contributed by atoms with van der Waals surface area (Å²) in [6.07, 6.45) is 3.62. The molecule has 0 atom stereocenters. The van der Waals surface area contributed by atoms with Crippen molar-refractivity contribution in [1.82, 2.24) is 9.78 Å². The predicted molar refractivity (Wildman–Crippen MR) is 62.1 cm³/mol. The van der Waals surface area contributed by atoms with Crippen molar-refractivity contribution in [2.45, 2.75) is 26.2 Å². The van der Waals surface area contributed by atoms with E-state index in [2.05, 4.69) is 39.0 Å². The standard InChI is InChI=1S/C12H18N2/c1-7-9-10(8-2)13-14(6)11(9)12(3,4)5/h7-8H,1-2H2,3-6H3. The van der Waals surface area contributed by atoms with Crippen LogP contribution >= 0.6 is 0 Å². The topological polar surface area (TPSA) is 17.8 Å². The Morgan fingerprint density at radius 3 is 2.14 bits per heavy atom. The van der Waals surface area contributed by atoms with Crippen molar-refractivity contribution in [2.24, 2.45) is 7.05 Å². The fourth-order valence-corrected chi connectivity index (χ4v) is 1.80. The molecule has 0 amide bonds. The minimum Gasteiger partial charge on any atom is -0.271 e. The molecule has 1 heterocycles. The SMILES string of the molecule is C=Cc1nn(C)c(C(C)(C)C)c1C=C. The molecule has 0 saturated heterocycles. The maximum atomic E-state index is 4.39. The van der Waals surface area contributed by atoms with Gasteiger partial charge < -0.3 is 0 Å². The summed E-state index contributed by atoms with van der Waals surface area (Å²) in [5, 5.41) is 4.39. The highest BCUT2D eigenvalue weighted by Gasteiger charge is 2.23. The Kier molecular flexibility index (Phi) is 2.65. The Morgan fingerprint density at radius 1 is 1.21 bits per heavy atom. The van der Waals surface area contributed by atoms with Gasteiger partial charge in [0.05, 0.1) is 11.4 Å². The lowest BCUT2D eigenvalue weighted by Gasteiger charge is -2.20. The maximum absolute atomic E-state index is 4.39. The summed E-state index contributed by atoms with van der Waals surface area (Å²) >= 11 is 0. The van der Waals surface area contributed by atoms with E-state index in [0.717, 1.165) is 11.3 Å². The van der Waals surface area contributed by atoms with Crippen LogP contribution in [0.15, 0.2) is 13.2 Å². The van der Waals surface area contributed by atoms with Crippen molar-refractivity contribution in [1.29, 1.82) is 0 Å². The van der Waals surface area contributed by atoms with Crippen LogP contribution in [0.4, 0.5) is 0 Å². The van der Waals surface area contributed by atoms with Crippen LogP contribution in [-0.4, -0.2) is 9.78 Å². The smallest absolute Gasteiger partial charge is 0.0920 e. The number of aryl methyl sites for hydroxylation is 1. The Hall–Kier alpha value is -1.31. The maximum Gasteiger partial charge on any atom is 0.0920 e. The summed E-state index contributed by atoms with van der Waals surface area (Å²) in [5.41, 5.74) is 3.27. The van der Waals surface area contributed by atoms with Gasteiger partial charge in [0, 0.05) is 18.0 Å². The first kappa shape index (κ1) is 10.8. The first-order chi connectivity index (χ1) is 6.41. The second-order valence-electron chi connectivity index (χ2n) is 4.43. The van der Waals surface area contributed by atoms with E-state index < -0.39 is 0 Å². The van der Waals surface area contributed by atoms with Crippen molar-refractivity contribution < 1.29 is 0 Å². The highest BCUT2D eigenvalue weighted by Crippen LogP contribution is 2.28. The van der Waals surface area contributed by atoms with Gasteiger partial charge in [-0.1, -0.05) is 40.0 Å². The van der Waals surface area contributed by atoms with Gasteiger partial charge in [0.25, 0.3) is 0 Å². The van der Waals surface area contributed by atoms with Crippen LogP contribution in [0.5, 0.6) is 0 Å². The molecule has 0 aliphatic heterocycles. The average molecular weight is 190 g/mol. The molecule has 14 heavy (non-hydrogen) atoms. The number of rotatable bonds is 2. The second kappa shape index (κ2) is 3.45. The zero-order chi connectivity index (χ0) is 10.9. The van der Waals surface area contributed by atoms with E-state index >= 15 is 0 Å². The predicted octanol–water partition coefficient (Wildman–Crippen LogP) is 3.00. The second-order valence-corrected chi connectivity index (χ2v) is 4.43. The number of nitrogens with zero attached hydrogens (tertiary/aromatic N) is 2. The summed E-state index contributed by atoms with van der Waals surface area (Å²) in [4.78, 5) is 0. The van der Waals surface area contributed by atoms with E-state index in [1.807, 2.05) is 17.8 Å². The molecule has 0 unspecified atom stereocenters. The van der Waals surface area contributed by atoms with Crippen molar-refractivity contribution in [2.75, 3.05) is 0 Å². The molecule has 1 rings (SSSR count). The van der Waals surface area contributed by atoms with Gasteiger partial charge in [-0.25, -0.2) is 0 Å². The molecule has 0 spiro atoms. The van der Waals surface area contributed by atoms with Gasteiger partial charge in [-0.3, -0.25) is 4.68 Å². The third-order valence-electron chi connectivity index (χ3n) is 2.22. The summed E-state index contributed by atoms with van der Waals surface area (Å²) in [6, 6.07) is 0. The summed E-state index contributed by atoms with van der Waals surface area (Å²) in [7, 11) is 1.96. The molecule has 2 heteroatoms. The average Bonchev–Trinajstić information content (AvgIpc) is 2.40. The summed E-state index contributed by atoms with van der Waals surface area (Å²) in [6.45, 7) is 14.1. The Balaban J connectivity index is 3.48. The highest BCUT2D eigenvalue weighted by molar-refractivity contribution is 5.63. The van der Waals surface area contributed by atoms with Crippen LogP contribution in [0.1, 0.15) is 37.7 Å². The highest BCUT2D eigenvalue weighted by atomic mass is 15.3. The Bertz CT molecular complexity index is 364. The van der Waals surface area contributed by atoms with Gasteiger partial charge in [0.15, 0.2) is 0 Å². The van der Waals surface area contributed by atoms with Crippen LogP contribution in [0, 0.1) is 0 Å². The van der Waals surface area contributed by atoms with Crippen LogP contribution in [0.3, 0.4) is 0 Å². The van der Waals surface area contributed by atoms with E-state index in [1.54, 1.807) is 6.08 Å². The van der Waals surface area contributed by atoms with Crippen molar-refractivity contribution in [3.8, 4) is 0 Å². The normalized spacial score (nSPS) is 11.4. The molecule has 76 valence electrons. The molecule has 0 fully saturated rings. The monoisotopic (exact) mass is 190 g/mol. The van der Waals surface area contributed by atoms with Gasteiger partial charge in [0.1, 0.15) is 0 Å².